The third-order valence-electron chi connectivity index (χ3n) is 5.25. The summed E-state index contributed by atoms with van der Waals surface area (Å²) < 4.78 is 13.5. The van der Waals surface area contributed by atoms with Crippen LogP contribution in [0.3, 0.4) is 0 Å². The lowest BCUT2D eigenvalue weighted by Crippen LogP contribution is -2.55. The van der Waals surface area contributed by atoms with Gasteiger partial charge in [0.05, 0.1) is 30.5 Å². The number of nitrogen functional groups attached to an aromatic ring is 1. The van der Waals surface area contributed by atoms with Crippen LogP contribution in [0.1, 0.15) is 31.9 Å². The molecule has 3 aromatic rings. The Balaban J connectivity index is 1.77. The van der Waals surface area contributed by atoms with Gasteiger partial charge in [-0.25, -0.2) is 9.48 Å². The topological polar surface area (TPSA) is 103 Å². The largest absolute Gasteiger partial charge is 0.474 e. The highest BCUT2D eigenvalue weighted by atomic mass is 16.5. The molecular formula is C25H32N4O4. The van der Waals surface area contributed by atoms with Gasteiger partial charge in [0.1, 0.15) is 12.4 Å². The van der Waals surface area contributed by atoms with Crippen LogP contribution in [0.25, 0.3) is 5.69 Å². The Kier molecular flexibility index (Phi) is 7.60. The summed E-state index contributed by atoms with van der Waals surface area (Å²) in [5, 5.41) is 14.4. The van der Waals surface area contributed by atoms with Crippen LogP contribution in [0.4, 0.5) is 10.6 Å². The summed E-state index contributed by atoms with van der Waals surface area (Å²) in [6.07, 6.45) is -1.04. The molecule has 2 aromatic carbocycles. The average Bonchev–Trinajstić information content (AvgIpc) is 3.06. The molecule has 1 atom stereocenters. The fraction of sp³-hybridized carbons (Fsp3) is 0.360. The number of amides is 1. The van der Waals surface area contributed by atoms with Gasteiger partial charge < -0.3 is 20.3 Å². The number of carbonyl (C=O) groups is 1. The third-order valence-corrected chi connectivity index (χ3v) is 5.25. The van der Waals surface area contributed by atoms with Crippen LogP contribution < -0.4 is 10.5 Å². The summed E-state index contributed by atoms with van der Waals surface area (Å²) >= 11 is 0. The van der Waals surface area contributed by atoms with Crippen LogP contribution in [0, 0.1) is 6.92 Å². The molecule has 0 saturated carbocycles. The van der Waals surface area contributed by atoms with Crippen LogP contribution >= 0.6 is 0 Å². The molecule has 176 valence electrons. The van der Waals surface area contributed by atoms with E-state index in [4.69, 9.17) is 15.2 Å². The van der Waals surface area contributed by atoms with Crippen molar-refractivity contribution in [3.63, 3.8) is 0 Å². The van der Waals surface area contributed by atoms with E-state index in [1.54, 1.807) is 4.68 Å². The Bertz CT molecular complexity index is 1050. The van der Waals surface area contributed by atoms with Gasteiger partial charge in [-0.3, -0.25) is 4.90 Å². The summed E-state index contributed by atoms with van der Waals surface area (Å²) in [6.45, 7) is 7.99. The molecule has 0 bridgehead atoms. The zero-order valence-electron chi connectivity index (χ0n) is 19.6. The van der Waals surface area contributed by atoms with Gasteiger partial charge in [-0.2, -0.15) is 0 Å². The maximum Gasteiger partial charge on any atom is 0.408 e. The molecule has 1 heterocycles. The normalized spacial score (nSPS) is 12.4. The van der Waals surface area contributed by atoms with E-state index >= 15 is 0 Å². The number of hydrogen-bond acceptors (Lipinski definition) is 5. The van der Waals surface area contributed by atoms with Gasteiger partial charge in [-0.1, -0.05) is 48.5 Å². The van der Waals surface area contributed by atoms with E-state index in [0.29, 0.717) is 23.9 Å². The molecule has 0 radical (unpaired) electrons. The highest BCUT2D eigenvalue weighted by Gasteiger charge is 2.34. The van der Waals surface area contributed by atoms with Crippen molar-refractivity contribution >= 4 is 11.9 Å². The van der Waals surface area contributed by atoms with Crippen LogP contribution in [-0.2, 0) is 11.3 Å². The van der Waals surface area contributed by atoms with Crippen molar-refractivity contribution in [2.24, 2.45) is 0 Å². The molecular weight excluding hydrogens is 420 g/mol. The van der Waals surface area contributed by atoms with Crippen molar-refractivity contribution in [3.8, 4) is 11.6 Å². The minimum Gasteiger partial charge on any atom is -0.474 e. The molecule has 0 aliphatic heterocycles. The molecule has 8 heteroatoms. The number of aromatic nitrogens is 2. The zero-order chi connectivity index (χ0) is 24.0. The van der Waals surface area contributed by atoms with Crippen molar-refractivity contribution in [1.29, 1.82) is 0 Å². The molecule has 3 N–H and O–H groups in total. The van der Waals surface area contributed by atoms with E-state index < -0.39 is 17.7 Å². The Hall–Kier alpha value is -3.52. The second-order valence-electron chi connectivity index (χ2n) is 8.85. The molecule has 0 saturated heterocycles. The Morgan fingerprint density at radius 3 is 2.27 bits per heavy atom. The highest BCUT2D eigenvalue weighted by molar-refractivity contribution is 5.66. The molecule has 1 amide bonds. The molecule has 0 fully saturated rings. The number of benzene rings is 2. The number of nitrogens with zero attached hydrogens (tertiary/aromatic N) is 3. The van der Waals surface area contributed by atoms with Crippen molar-refractivity contribution in [1.82, 2.24) is 14.7 Å². The second-order valence-corrected chi connectivity index (χ2v) is 8.85. The average molecular weight is 453 g/mol. The zero-order valence-corrected chi connectivity index (χ0v) is 19.6. The number of anilines is 1. The van der Waals surface area contributed by atoms with Gasteiger partial charge in [0, 0.05) is 5.54 Å². The van der Waals surface area contributed by atoms with Crippen molar-refractivity contribution in [2.75, 3.05) is 18.9 Å². The maximum atomic E-state index is 12.1. The Morgan fingerprint density at radius 1 is 1.09 bits per heavy atom. The first-order valence-corrected chi connectivity index (χ1v) is 10.9. The summed E-state index contributed by atoms with van der Waals surface area (Å²) in [4.78, 5) is 13.5. The SMILES string of the molecule is Cc1c(OCC(COCc2ccccc2)N(C(=O)O)C(C)(C)C)nn(-c2ccccc2)c1N. The summed E-state index contributed by atoms with van der Waals surface area (Å²) in [5.41, 5.74) is 8.14. The maximum absolute atomic E-state index is 12.1. The predicted octanol–water partition coefficient (Wildman–Crippen LogP) is 4.51. The first-order chi connectivity index (χ1) is 15.7. The molecule has 1 unspecified atom stereocenters. The van der Waals surface area contributed by atoms with Gasteiger partial charge in [-0.15, -0.1) is 5.10 Å². The van der Waals surface area contributed by atoms with E-state index in [1.165, 1.54) is 4.90 Å². The van der Waals surface area contributed by atoms with Gasteiger partial charge in [0.15, 0.2) is 0 Å². The second kappa shape index (κ2) is 10.4. The van der Waals surface area contributed by atoms with Crippen molar-refractivity contribution < 1.29 is 19.4 Å². The molecule has 0 aliphatic carbocycles. The number of ether oxygens (including phenoxy) is 2. The fourth-order valence-electron chi connectivity index (χ4n) is 3.64. The lowest BCUT2D eigenvalue weighted by atomic mass is 10.0. The summed E-state index contributed by atoms with van der Waals surface area (Å²) in [7, 11) is 0. The molecule has 0 aliphatic rings. The fourth-order valence-corrected chi connectivity index (χ4v) is 3.64. The van der Waals surface area contributed by atoms with E-state index in [2.05, 4.69) is 5.10 Å². The number of hydrogen-bond donors (Lipinski definition) is 2. The van der Waals surface area contributed by atoms with Gasteiger partial charge in [-0.05, 0) is 45.4 Å². The number of rotatable bonds is 9. The van der Waals surface area contributed by atoms with Crippen LogP contribution in [-0.4, -0.2) is 50.7 Å². The Labute approximate surface area is 194 Å². The summed E-state index contributed by atoms with van der Waals surface area (Å²) in [5.74, 6) is 0.836. The monoisotopic (exact) mass is 452 g/mol. The van der Waals surface area contributed by atoms with Crippen LogP contribution in [0.2, 0.25) is 0 Å². The van der Waals surface area contributed by atoms with Gasteiger partial charge in [0.2, 0.25) is 5.88 Å². The standard InChI is InChI=1S/C25H32N4O4/c1-18-22(26)29(20-13-9-6-10-14-20)27-23(18)33-17-21(28(24(30)31)25(2,3)4)16-32-15-19-11-7-5-8-12-19/h5-14,21H,15-17,26H2,1-4H3,(H,30,31). The molecule has 1 aromatic heterocycles. The lowest BCUT2D eigenvalue weighted by Gasteiger charge is -2.39. The number of para-hydroxylation sites is 1. The smallest absolute Gasteiger partial charge is 0.408 e. The number of carboxylic acid groups (broad SMARTS) is 1. The first kappa shape index (κ1) is 24.1. The highest BCUT2D eigenvalue weighted by Crippen LogP contribution is 2.26. The van der Waals surface area contributed by atoms with Crippen LogP contribution in [0.15, 0.2) is 60.7 Å². The minimum absolute atomic E-state index is 0.0739. The Morgan fingerprint density at radius 2 is 1.70 bits per heavy atom. The van der Waals surface area contributed by atoms with Crippen LogP contribution in [0.5, 0.6) is 5.88 Å². The predicted molar refractivity (Wildman–Crippen MR) is 128 cm³/mol. The van der Waals surface area contributed by atoms with E-state index in [-0.39, 0.29) is 13.2 Å². The lowest BCUT2D eigenvalue weighted by molar-refractivity contribution is -0.00214. The van der Waals surface area contributed by atoms with E-state index in [1.807, 2.05) is 88.4 Å². The molecule has 8 nitrogen and oxygen atoms in total. The number of nitrogens with two attached hydrogens (primary N) is 1. The van der Waals surface area contributed by atoms with Gasteiger partial charge in [0.25, 0.3) is 0 Å². The molecule has 0 spiro atoms. The van der Waals surface area contributed by atoms with E-state index in [9.17, 15) is 9.90 Å². The quantitative estimate of drug-likeness (QED) is 0.495. The first-order valence-electron chi connectivity index (χ1n) is 10.9. The van der Waals surface area contributed by atoms with Gasteiger partial charge >= 0.3 is 6.09 Å². The van der Waals surface area contributed by atoms with E-state index in [0.717, 1.165) is 11.3 Å². The third kappa shape index (κ3) is 6.04. The minimum atomic E-state index is -1.04. The molecule has 3 rings (SSSR count). The van der Waals surface area contributed by atoms with Crippen molar-refractivity contribution in [2.45, 2.75) is 45.9 Å². The summed E-state index contributed by atoms with van der Waals surface area (Å²) in [6, 6.07) is 18.7. The molecule has 33 heavy (non-hydrogen) atoms. The van der Waals surface area contributed by atoms with Crippen molar-refractivity contribution in [3.05, 3.63) is 71.8 Å².